The van der Waals surface area contributed by atoms with Crippen molar-refractivity contribution >= 4 is 28.5 Å². The molecular weight excluding hydrogens is 340 g/mol. The quantitative estimate of drug-likeness (QED) is 0.821. The number of piperazine rings is 1. The minimum absolute atomic E-state index is 0.0729. The van der Waals surface area contributed by atoms with Crippen molar-refractivity contribution in [2.45, 2.75) is 39.3 Å². The van der Waals surface area contributed by atoms with E-state index in [9.17, 15) is 4.79 Å². The molecule has 1 saturated heterocycles. The molecule has 0 aliphatic carbocycles. The van der Waals surface area contributed by atoms with Crippen LogP contribution in [-0.4, -0.2) is 54.5 Å². The zero-order valence-electron chi connectivity index (χ0n) is 15.2. The number of benzene rings is 1. The molecule has 25 heavy (non-hydrogen) atoms. The third-order valence-electron chi connectivity index (χ3n) is 4.93. The average Bonchev–Trinajstić information content (AvgIpc) is 3.03. The molecule has 2 aromatic rings. The van der Waals surface area contributed by atoms with Crippen LogP contribution in [-0.2, 0) is 0 Å². The molecule has 136 valence electrons. The van der Waals surface area contributed by atoms with Gasteiger partial charge < -0.3 is 14.1 Å². The Morgan fingerprint density at radius 2 is 2.12 bits per heavy atom. The van der Waals surface area contributed by atoms with Crippen molar-refractivity contribution in [1.29, 1.82) is 0 Å². The Kier molecular flexibility index (Phi) is 5.25. The van der Waals surface area contributed by atoms with Crippen molar-refractivity contribution in [2.75, 3.05) is 26.7 Å². The van der Waals surface area contributed by atoms with Crippen LogP contribution >= 0.6 is 11.6 Å². The van der Waals surface area contributed by atoms with Gasteiger partial charge in [-0.2, -0.15) is 0 Å². The second kappa shape index (κ2) is 7.26. The molecule has 0 radical (unpaired) electrons. The van der Waals surface area contributed by atoms with Gasteiger partial charge in [0.25, 0.3) is 5.91 Å². The lowest BCUT2D eigenvalue weighted by Crippen LogP contribution is -2.56. The number of fused-ring (bicyclic) bond motifs is 1. The number of methoxy groups -OCH3 is 1. The zero-order chi connectivity index (χ0) is 18.1. The van der Waals surface area contributed by atoms with E-state index in [0.29, 0.717) is 40.7 Å². The molecule has 1 fully saturated rings. The Labute approximate surface area is 153 Å². The lowest BCUT2D eigenvalue weighted by molar-refractivity contribution is 0.0351. The molecule has 1 aliphatic rings. The summed E-state index contributed by atoms with van der Waals surface area (Å²) in [5.41, 5.74) is 0.558. The number of furan rings is 1. The lowest BCUT2D eigenvalue weighted by atomic mass is 10.1. The second-order valence-electron chi connectivity index (χ2n) is 6.78. The van der Waals surface area contributed by atoms with Gasteiger partial charge in [-0.3, -0.25) is 9.69 Å². The van der Waals surface area contributed by atoms with E-state index in [0.717, 1.165) is 24.9 Å². The van der Waals surface area contributed by atoms with Crippen LogP contribution in [0.5, 0.6) is 5.75 Å². The second-order valence-corrected chi connectivity index (χ2v) is 7.22. The van der Waals surface area contributed by atoms with Crippen LogP contribution < -0.4 is 4.74 Å². The first-order valence-corrected chi connectivity index (χ1v) is 9.14. The standard InChI is InChI=1S/C19H25ClN2O3/c1-5-15-11-21(6-7-22(15)12(2)3)19(23)17-9-13-8-14(20)10-16(24-4)18(13)25-17/h8-10,12,15H,5-7,11H2,1-4H3/t15-/m0/s1. The molecule has 1 aromatic carbocycles. The van der Waals surface area contributed by atoms with Crippen LogP contribution in [0.4, 0.5) is 0 Å². The summed E-state index contributed by atoms with van der Waals surface area (Å²) in [4.78, 5) is 17.3. The first kappa shape index (κ1) is 18.1. The van der Waals surface area contributed by atoms with Crippen molar-refractivity contribution < 1.29 is 13.9 Å². The van der Waals surface area contributed by atoms with Crippen molar-refractivity contribution in [3.63, 3.8) is 0 Å². The van der Waals surface area contributed by atoms with Gasteiger partial charge in [0.1, 0.15) is 0 Å². The van der Waals surface area contributed by atoms with Crippen molar-refractivity contribution in [2.24, 2.45) is 0 Å². The zero-order valence-corrected chi connectivity index (χ0v) is 16.0. The fourth-order valence-corrected chi connectivity index (χ4v) is 3.81. The summed E-state index contributed by atoms with van der Waals surface area (Å²) in [6.07, 6.45) is 1.02. The minimum atomic E-state index is -0.0729. The summed E-state index contributed by atoms with van der Waals surface area (Å²) in [5.74, 6) is 0.803. The third kappa shape index (κ3) is 3.48. The molecule has 0 unspecified atom stereocenters. The van der Waals surface area contributed by atoms with Crippen molar-refractivity contribution in [3.8, 4) is 5.75 Å². The van der Waals surface area contributed by atoms with Gasteiger partial charge in [0, 0.05) is 48.2 Å². The fourth-order valence-electron chi connectivity index (χ4n) is 3.60. The first-order valence-electron chi connectivity index (χ1n) is 8.76. The van der Waals surface area contributed by atoms with Crippen LogP contribution in [0, 0.1) is 0 Å². The SMILES string of the molecule is CC[C@H]1CN(C(=O)c2cc3cc(Cl)cc(OC)c3o2)CCN1C(C)C. The number of carbonyl (C=O) groups excluding carboxylic acids is 1. The molecule has 1 atom stereocenters. The highest BCUT2D eigenvalue weighted by Gasteiger charge is 2.31. The number of hydrogen-bond acceptors (Lipinski definition) is 4. The van der Waals surface area contributed by atoms with Crippen LogP contribution in [0.1, 0.15) is 37.7 Å². The van der Waals surface area contributed by atoms with E-state index < -0.39 is 0 Å². The molecule has 3 rings (SSSR count). The van der Waals surface area contributed by atoms with Gasteiger partial charge >= 0.3 is 0 Å². The number of halogens is 1. The smallest absolute Gasteiger partial charge is 0.289 e. The number of amides is 1. The van der Waals surface area contributed by atoms with E-state index >= 15 is 0 Å². The molecule has 6 heteroatoms. The van der Waals surface area contributed by atoms with E-state index in [4.69, 9.17) is 20.8 Å². The van der Waals surface area contributed by atoms with Crippen molar-refractivity contribution in [1.82, 2.24) is 9.80 Å². The van der Waals surface area contributed by atoms with Gasteiger partial charge in [-0.05, 0) is 32.4 Å². The van der Waals surface area contributed by atoms with Crippen LogP contribution in [0.15, 0.2) is 22.6 Å². The summed E-state index contributed by atoms with van der Waals surface area (Å²) in [7, 11) is 1.56. The topological polar surface area (TPSA) is 45.9 Å². The van der Waals surface area contributed by atoms with Gasteiger partial charge in [-0.25, -0.2) is 0 Å². The molecule has 0 saturated carbocycles. The van der Waals surface area contributed by atoms with E-state index in [-0.39, 0.29) is 5.91 Å². The maximum absolute atomic E-state index is 12.9. The first-order chi connectivity index (χ1) is 11.9. The molecule has 0 N–H and O–H groups in total. The maximum Gasteiger partial charge on any atom is 0.289 e. The Morgan fingerprint density at radius 3 is 2.76 bits per heavy atom. The van der Waals surface area contributed by atoms with Crippen molar-refractivity contribution in [3.05, 3.63) is 29.0 Å². The monoisotopic (exact) mass is 364 g/mol. The molecular formula is C19H25ClN2O3. The minimum Gasteiger partial charge on any atom is -0.493 e. The summed E-state index contributed by atoms with van der Waals surface area (Å²) < 4.78 is 11.1. The third-order valence-corrected chi connectivity index (χ3v) is 5.15. The highest BCUT2D eigenvalue weighted by molar-refractivity contribution is 6.31. The van der Waals surface area contributed by atoms with Gasteiger partial charge in [-0.1, -0.05) is 18.5 Å². The number of hydrogen-bond donors (Lipinski definition) is 0. The molecule has 0 spiro atoms. The number of rotatable bonds is 4. The maximum atomic E-state index is 12.9. The fraction of sp³-hybridized carbons (Fsp3) is 0.526. The van der Waals surface area contributed by atoms with Crippen LogP contribution in [0.3, 0.4) is 0 Å². The molecule has 0 bridgehead atoms. The lowest BCUT2D eigenvalue weighted by Gasteiger charge is -2.43. The molecule has 5 nitrogen and oxygen atoms in total. The molecule has 1 aliphatic heterocycles. The number of carbonyl (C=O) groups is 1. The van der Waals surface area contributed by atoms with Gasteiger partial charge in [0.2, 0.25) is 0 Å². The van der Waals surface area contributed by atoms with E-state index in [1.807, 2.05) is 4.90 Å². The predicted molar refractivity (Wildman–Crippen MR) is 99.6 cm³/mol. The van der Waals surface area contributed by atoms with Crippen LogP contribution in [0.2, 0.25) is 5.02 Å². The normalized spacial score (nSPS) is 19.0. The Bertz CT molecular complexity index is 771. The molecule has 1 aromatic heterocycles. The highest BCUT2D eigenvalue weighted by Crippen LogP contribution is 2.33. The Hall–Kier alpha value is -1.72. The van der Waals surface area contributed by atoms with E-state index in [1.165, 1.54) is 0 Å². The van der Waals surface area contributed by atoms with Gasteiger partial charge in [-0.15, -0.1) is 0 Å². The summed E-state index contributed by atoms with van der Waals surface area (Å²) in [6, 6.07) is 6.09. The number of ether oxygens (including phenoxy) is 1. The predicted octanol–water partition coefficient (Wildman–Crippen LogP) is 4.04. The highest BCUT2D eigenvalue weighted by atomic mass is 35.5. The summed E-state index contributed by atoms with van der Waals surface area (Å²) in [6.45, 7) is 8.90. The average molecular weight is 365 g/mol. The summed E-state index contributed by atoms with van der Waals surface area (Å²) >= 11 is 6.10. The number of nitrogens with zero attached hydrogens (tertiary/aromatic N) is 2. The largest absolute Gasteiger partial charge is 0.493 e. The van der Waals surface area contributed by atoms with E-state index in [1.54, 1.807) is 25.3 Å². The molecule has 1 amide bonds. The Morgan fingerprint density at radius 1 is 1.36 bits per heavy atom. The van der Waals surface area contributed by atoms with Crippen LogP contribution in [0.25, 0.3) is 11.0 Å². The summed E-state index contributed by atoms with van der Waals surface area (Å²) in [5, 5.41) is 1.33. The van der Waals surface area contributed by atoms with Gasteiger partial charge in [0.05, 0.1) is 7.11 Å². The Balaban J connectivity index is 1.85. The van der Waals surface area contributed by atoms with Gasteiger partial charge in [0.15, 0.2) is 17.1 Å². The van der Waals surface area contributed by atoms with E-state index in [2.05, 4.69) is 25.7 Å². The molecule has 2 heterocycles.